The first-order chi connectivity index (χ1) is 12.3. The van der Waals surface area contributed by atoms with Gasteiger partial charge in [0.05, 0.1) is 4.90 Å². The minimum absolute atomic E-state index is 0.00727. The molecule has 1 aliphatic heterocycles. The first-order valence-corrected chi connectivity index (χ1v) is 9.51. The molecule has 1 amide bonds. The first kappa shape index (κ1) is 18.3. The summed E-state index contributed by atoms with van der Waals surface area (Å²) in [4.78, 5) is 13.5. The first-order valence-electron chi connectivity index (χ1n) is 8.03. The van der Waals surface area contributed by atoms with Crippen LogP contribution >= 0.6 is 0 Å². The third-order valence-electron chi connectivity index (χ3n) is 4.24. The van der Waals surface area contributed by atoms with Crippen LogP contribution in [0, 0.1) is 12.7 Å². The molecule has 0 unspecified atom stereocenters. The van der Waals surface area contributed by atoms with Crippen LogP contribution < -0.4 is 9.62 Å². The number of hydrogen-bond acceptors (Lipinski definition) is 4. The SMILES string of the molecule is COCC(=O)N1CCc2cc(NS(=O)(=O)c3cc(F)ccc3C)ccc21. The van der Waals surface area contributed by atoms with E-state index in [1.807, 2.05) is 0 Å². The van der Waals surface area contributed by atoms with E-state index in [-0.39, 0.29) is 17.4 Å². The Morgan fingerprint density at radius 3 is 2.77 bits per heavy atom. The van der Waals surface area contributed by atoms with Gasteiger partial charge in [-0.3, -0.25) is 9.52 Å². The van der Waals surface area contributed by atoms with Crippen LogP contribution in [0.2, 0.25) is 0 Å². The Morgan fingerprint density at radius 1 is 1.27 bits per heavy atom. The predicted molar refractivity (Wildman–Crippen MR) is 96.3 cm³/mol. The summed E-state index contributed by atoms with van der Waals surface area (Å²) < 4.78 is 45.9. The molecule has 2 aromatic rings. The number of amides is 1. The van der Waals surface area contributed by atoms with Gasteiger partial charge >= 0.3 is 0 Å². The molecule has 0 aliphatic carbocycles. The van der Waals surface area contributed by atoms with Crippen LogP contribution in [0.5, 0.6) is 0 Å². The van der Waals surface area contributed by atoms with Gasteiger partial charge in [0.1, 0.15) is 12.4 Å². The van der Waals surface area contributed by atoms with E-state index < -0.39 is 15.8 Å². The number of benzene rings is 2. The van der Waals surface area contributed by atoms with Gasteiger partial charge in [0.25, 0.3) is 15.9 Å². The number of fused-ring (bicyclic) bond motifs is 1. The van der Waals surface area contributed by atoms with Crippen molar-refractivity contribution in [3.8, 4) is 0 Å². The number of carbonyl (C=O) groups excluding carboxylic acids is 1. The van der Waals surface area contributed by atoms with Crippen molar-refractivity contribution in [3.63, 3.8) is 0 Å². The van der Waals surface area contributed by atoms with E-state index in [9.17, 15) is 17.6 Å². The number of aryl methyl sites for hydroxylation is 1. The maximum atomic E-state index is 13.4. The van der Waals surface area contributed by atoms with Crippen molar-refractivity contribution in [3.05, 3.63) is 53.3 Å². The second-order valence-corrected chi connectivity index (χ2v) is 7.74. The van der Waals surface area contributed by atoms with Crippen LogP contribution in [0.4, 0.5) is 15.8 Å². The lowest BCUT2D eigenvalue weighted by Gasteiger charge is -2.17. The topological polar surface area (TPSA) is 75.7 Å². The fourth-order valence-electron chi connectivity index (χ4n) is 3.00. The molecule has 6 nitrogen and oxygen atoms in total. The Hall–Kier alpha value is -2.45. The van der Waals surface area contributed by atoms with E-state index in [0.29, 0.717) is 24.2 Å². The standard InChI is InChI=1S/C18H19FN2O4S/c1-12-3-4-14(19)10-17(12)26(23,24)20-15-5-6-16-13(9-15)7-8-21(16)18(22)11-25-2/h3-6,9-10,20H,7-8,11H2,1-2H3. The lowest BCUT2D eigenvalue weighted by molar-refractivity contribution is -0.122. The molecular weight excluding hydrogens is 359 g/mol. The zero-order chi connectivity index (χ0) is 18.9. The number of sulfonamides is 1. The molecule has 0 bridgehead atoms. The highest BCUT2D eigenvalue weighted by Crippen LogP contribution is 2.31. The number of carbonyl (C=O) groups is 1. The Balaban J connectivity index is 1.86. The Morgan fingerprint density at radius 2 is 2.04 bits per heavy atom. The Bertz CT molecular complexity index is 960. The van der Waals surface area contributed by atoms with Crippen LogP contribution in [-0.4, -0.2) is 34.6 Å². The summed E-state index contributed by atoms with van der Waals surface area (Å²) in [7, 11) is -2.45. The number of nitrogens with zero attached hydrogens (tertiary/aromatic N) is 1. The predicted octanol–water partition coefficient (Wildman–Crippen LogP) is 2.47. The molecule has 0 saturated heterocycles. The monoisotopic (exact) mass is 378 g/mol. The minimum Gasteiger partial charge on any atom is -0.375 e. The highest BCUT2D eigenvalue weighted by atomic mass is 32.2. The molecule has 1 N–H and O–H groups in total. The molecule has 26 heavy (non-hydrogen) atoms. The van der Waals surface area contributed by atoms with Crippen LogP contribution in [0.25, 0.3) is 0 Å². The minimum atomic E-state index is -3.91. The molecular formula is C18H19FN2O4S. The summed E-state index contributed by atoms with van der Waals surface area (Å²) in [5.74, 6) is -0.757. The molecule has 0 spiro atoms. The number of methoxy groups -OCH3 is 1. The summed E-state index contributed by atoms with van der Waals surface area (Å²) in [6.45, 7) is 2.12. The summed E-state index contributed by atoms with van der Waals surface area (Å²) in [5, 5.41) is 0. The zero-order valence-electron chi connectivity index (χ0n) is 14.5. The molecule has 2 aromatic carbocycles. The van der Waals surface area contributed by atoms with Gasteiger partial charge in [-0.15, -0.1) is 0 Å². The number of halogens is 1. The second kappa shape index (κ2) is 7.05. The van der Waals surface area contributed by atoms with Gasteiger partial charge < -0.3 is 9.64 Å². The van der Waals surface area contributed by atoms with Crippen molar-refractivity contribution in [1.82, 2.24) is 0 Å². The summed E-state index contributed by atoms with van der Waals surface area (Å²) in [6, 6.07) is 8.62. The molecule has 8 heteroatoms. The van der Waals surface area contributed by atoms with E-state index in [1.54, 1.807) is 30.0 Å². The Labute approximate surface area is 151 Å². The van der Waals surface area contributed by atoms with Gasteiger partial charge in [-0.1, -0.05) is 6.07 Å². The van der Waals surface area contributed by atoms with Crippen molar-refractivity contribution in [2.45, 2.75) is 18.2 Å². The lowest BCUT2D eigenvalue weighted by atomic mass is 10.1. The lowest BCUT2D eigenvalue weighted by Crippen LogP contribution is -2.31. The molecule has 138 valence electrons. The van der Waals surface area contributed by atoms with Crippen molar-refractivity contribution in [2.75, 3.05) is 29.9 Å². The normalized spacial score (nSPS) is 13.6. The van der Waals surface area contributed by atoms with Crippen molar-refractivity contribution in [1.29, 1.82) is 0 Å². The summed E-state index contributed by atoms with van der Waals surface area (Å²) in [6.07, 6.45) is 0.624. The Kier molecular flexibility index (Phi) is 4.97. The van der Waals surface area contributed by atoms with Gasteiger partial charge in [-0.25, -0.2) is 12.8 Å². The van der Waals surface area contributed by atoms with Crippen LogP contribution in [0.3, 0.4) is 0 Å². The van der Waals surface area contributed by atoms with Gasteiger partial charge in [0.15, 0.2) is 0 Å². The molecule has 0 aromatic heterocycles. The van der Waals surface area contributed by atoms with Crippen molar-refractivity contribution < 1.29 is 22.3 Å². The molecule has 0 fully saturated rings. The maximum absolute atomic E-state index is 13.4. The highest BCUT2D eigenvalue weighted by Gasteiger charge is 2.25. The fraction of sp³-hybridized carbons (Fsp3) is 0.278. The van der Waals surface area contributed by atoms with Crippen LogP contribution in [0.15, 0.2) is 41.3 Å². The average molecular weight is 378 g/mol. The number of rotatable bonds is 5. The number of anilines is 2. The van der Waals surface area contributed by atoms with Crippen LogP contribution in [0.1, 0.15) is 11.1 Å². The number of nitrogens with one attached hydrogen (secondary N) is 1. The van der Waals surface area contributed by atoms with Gasteiger partial charge in [-0.05, 0) is 54.8 Å². The van der Waals surface area contributed by atoms with Crippen molar-refractivity contribution in [2.24, 2.45) is 0 Å². The average Bonchev–Trinajstić information content (AvgIpc) is 3.00. The van der Waals surface area contributed by atoms with Gasteiger partial charge in [-0.2, -0.15) is 0 Å². The van der Waals surface area contributed by atoms with Gasteiger partial charge in [0, 0.05) is 25.0 Å². The fourth-order valence-corrected chi connectivity index (χ4v) is 4.31. The highest BCUT2D eigenvalue weighted by molar-refractivity contribution is 7.92. The molecule has 1 aliphatic rings. The summed E-state index contributed by atoms with van der Waals surface area (Å²) in [5.41, 5.74) is 2.44. The number of ether oxygens (including phenoxy) is 1. The second-order valence-electron chi connectivity index (χ2n) is 6.09. The van der Waals surface area contributed by atoms with Crippen molar-refractivity contribution >= 4 is 27.3 Å². The molecule has 0 atom stereocenters. The molecule has 1 heterocycles. The molecule has 0 radical (unpaired) electrons. The smallest absolute Gasteiger partial charge is 0.262 e. The van der Waals surface area contributed by atoms with E-state index in [1.165, 1.54) is 19.2 Å². The molecule has 0 saturated carbocycles. The van der Waals surface area contributed by atoms with E-state index in [2.05, 4.69) is 4.72 Å². The third kappa shape index (κ3) is 3.56. The molecule has 3 rings (SSSR count). The maximum Gasteiger partial charge on any atom is 0.262 e. The summed E-state index contributed by atoms with van der Waals surface area (Å²) >= 11 is 0. The van der Waals surface area contributed by atoms with Crippen LogP contribution in [-0.2, 0) is 26.0 Å². The third-order valence-corrected chi connectivity index (χ3v) is 5.76. The largest absolute Gasteiger partial charge is 0.375 e. The quantitative estimate of drug-likeness (QED) is 0.867. The van der Waals surface area contributed by atoms with E-state index in [0.717, 1.165) is 17.3 Å². The number of hydrogen-bond donors (Lipinski definition) is 1. The van der Waals surface area contributed by atoms with E-state index in [4.69, 9.17) is 4.74 Å². The zero-order valence-corrected chi connectivity index (χ0v) is 15.3. The van der Waals surface area contributed by atoms with Gasteiger partial charge in [0.2, 0.25) is 0 Å². The van der Waals surface area contributed by atoms with E-state index >= 15 is 0 Å².